The van der Waals surface area contributed by atoms with Gasteiger partial charge in [-0.3, -0.25) is 4.79 Å². The minimum Gasteiger partial charge on any atom is -0.293 e. The van der Waals surface area contributed by atoms with Gasteiger partial charge in [-0.15, -0.1) is 0 Å². The molecule has 0 bridgehead atoms. The van der Waals surface area contributed by atoms with E-state index in [-0.39, 0.29) is 5.78 Å². The van der Waals surface area contributed by atoms with E-state index >= 15 is 0 Å². The van der Waals surface area contributed by atoms with Crippen LogP contribution in [0.2, 0.25) is 0 Å². The lowest BCUT2D eigenvalue weighted by Crippen LogP contribution is -2.06. The maximum Gasteiger partial charge on any atom is 0.178 e. The van der Waals surface area contributed by atoms with Crippen molar-refractivity contribution >= 4 is 5.78 Å². The Kier molecular flexibility index (Phi) is 3.39. The van der Waals surface area contributed by atoms with Crippen LogP contribution in [-0.4, -0.2) is 10.8 Å². The van der Waals surface area contributed by atoms with E-state index in [2.05, 4.69) is 18.8 Å². The van der Waals surface area contributed by atoms with Gasteiger partial charge in [-0.05, 0) is 24.0 Å². The van der Waals surface area contributed by atoms with Crippen LogP contribution in [0.25, 0.3) is 0 Å². The van der Waals surface area contributed by atoms with Gasteiger partial charge in [-0.25, -0.2) is 4.98 Å². The topological polar surface area (TPSA) is 30.0 Å². The van der Waals surface area contributed by atoms with E-state index in [0.717, 1.165) is 17.7 Å². The molecule has 0 saturated carbocycles. The Labute approximate surface area is 85.4 Å². The molecule has 0 unspecified atom stereocenters. The van der Waals surface area contributed by atoms with Gasteiger partial charge in [0, 0.05) is 12.6 Å². The van der Waals surface area contributed by atoms with E-state index in [1.807, 2.05) is 19.1 Å². The predicted octanol–water partition coefficient (Wildman–Crippen LogP) is 2.97. The Hall–Kier alpha value is -1.18. The lowest BCUT2D eigenvalue weighted by atomic mass is 10.0. The zero-order chi connectivity index (χ0) is 10.7. The van der Waals surface area contributed by atoms with E-state index in [4.69, 9.17) is 0 Å². The maximum atomic E-state index is 11.3. The molecule has 0 saturated heterocycles. The van der Waals surface area contributed by atoms with Gasteiger partial charge in [0.05, 0.1) is 0 Å². The maximum absolute atomic E-state index is 11.3. The molecule has 76 valence electrons. The molecule has 0 atom stereocenters. The van der Waals surface area contributed by atoms with Crippen LogP contribution in [0.4, 0.5) is 0 Å². The van der Waals surface area contributed by atoms with Crippen molar-refractivity contribution in [2.75, 3.05) is 0 Å². The van der Waals surface area contributed by atoms with E-state index < -0.39 is 0 Å². The van der Waals surface area contributed by atoms with Crippen LogP contribution in [-0.2, 0) is 6.42 Å². The molecule has 1 aromatic rings. The fourth-order valence-corrected chi connectivity index (χ4v) is 1.41. The fourth-order valence-electron chi connectivity index (χ4n) is 1.41. The van der Waals surface area contributed by atoms with Gasteiger partial charge in [0.15, 0.2) is 5.78 Å². The number of hydrogen-bond acceptors (Lipinski definition) is 2. The number of hydrogen-bond donors (Lipinski definition) is 0. The first-order valence-electron chi connectivity index (χ1n) is 5.07. The van der Waals surface area contributed by atoms with E-state index in [0.29, 0.717) is 11.6 Å². The number of pyridine rings is 1. The Morgan fingerprint density at radius 3 is 2.50 bits per heavy atom. The molecule has 0 N–H and O–H groups in total. The standard InChI is InChI=1S/C12H17NO/c1-5-10-6-7-11(8(2)3)13-12(10)9(4)14/h6-8H,5H2,1-4H3. The van der Waals surface area contributed by atoms with Crippen LogP contribution in [0.1, 0.15) is 55.4 Å². The Bertz CT molecular complexity index is 342. The monoisotopic (exact) mass is 191 g/mol. The zero-order valence-corrected chi connectivity index (χ0v) is 9.29. The fraction of sp³-hybridized carbons (Fsp3) is 0.500. The van der Waals surface area contributed by atoms with Crippen molar-refractivity contribution in [2.45, 2.75) is 40.0 Å². The molecule has 1 rings (SSSR count). The Balaban J connectivity index is 3.21. The van der Waals surface area contributed by atoms with Crippen molar-refractivity contribution in [3.63, 3.8) is 0 Å². The summed E-state index contributed by atoms with van der Waals surface area (Å²) in [6.07, 6.45) is 0.861. The third-order valence-corrected chi connectivity index (χ3v) is 2.31. The molecule has 0 aliphatic heterocycles. The highest BCUT2D eigenvalue weighted by Crippen LogP contribution is 2.15. The minimum atomic E-state index is 0.0596. The average Bonchev–Trinajstić information content (AvgIpc) is 2.16. The third-order valence-electron chi connectivity index (χ3n) is 2.31. The second-order valence-corrected chi connectivity index (χ2v) is 3.81. The number of aromatic nitrogens is 1. The third kappa shape index (κ3) is 2.19. The summed E-state index contributed by atoms with van der Waals surface area (Å²) in [4.78, 5) is 15.7. The molecule has 0 aliphatic carbocycles. The molecule has 1 aromatic heterocycles. The quantitative estimate of drug-likeness (QED) is 0.687. The largest absolute Gasteiger partial charge is 0.293 e. The van der Waals surface area contributed by atoms with Gasteiger partial charge in [-0.2, -0.15) is 0 Å². The first-order chi connectivity index (χ1) is 6.56. The number of Topliss-reactive ketones (excluding diaryl/α,β-unsaturated/α-hetero) is 1. The van der Waals surface area contributed by atoms with Crippen molar-refractivity contribution in [1.82, 2.24) is 4.98 Å². The van der Waals surface area contributed by atoms with Crippen LogP contribution in [0.5, 0.6) is 0 Å². The molecular formula is C12H17NO. The van der Waals surface area contributed by atoms with E-state index in [1.54, 1.807) is 6.92 Å². The van der Waals surface area contributed by atoms with Crippen LogP contribution >= 0.6 is 0 Å². The summed E-state index contributed by atoms with van der Waals surface area (Å²) in [6, 6.07) is 4.02. The Morgan fingerprint density at radius 2 is 2.07 bits per heavy atom. The van der Waals surface area contributed by atoms with Crippen LogP contribution in [0.15, 0.2) is 12.1 Å². The molecule has 0 aromatic carbocycles. The molecule has 2 nitrogen and oxygen atoms in total. The van der Waals surface area contributed by atoms with Crippen LogP contribution in [0.3, 0.4) is 0 Å². The van der Waals surface area contributed by atoms with Crippen molar-refractivity contribution in [1.29, 1.82) is 0 Å². The summed E-state index contributed by atoms with van der Waals surface area (Å²) in [5.41, 5.74) is 2.67. The lowest BCUT2D eigenvalue weighted by Gasteiger charge is -2.09. The zero-order valence-electron chi connectivity index (χ0n) is 9.29. The van der Waals surface area contributed by atoms with Gasteiger partial charge >= 0.3 is 0 Å². The second kappa shape index (κ2) is 4.36. The molecule has 0 spiro atoms. The number of ketones is 1. The van der Waals surface area contributed by atoms with Gasteiger partial charge in [0.2, 0.25) is 0 Å². The smallest absolute Gasteiger partial charge is 0.178 e. The molecule has 0 aliphatic rings. The number of aryl methyl sites for hydroxylation is 1. The van der Waals surface area contributed by atoms with Gasteiger partial charge in [0.25, 0.3) is 0 Å². The number of carbonyl (C=O) groups excluding carboxylic acids is 1. The van der Waals surface area contributed by atoms with Gasteiger partial charge < -0.3 is 0 Å². The number of carbonyl (C=O) groups is 1. The molecule has 2 heteroatoms. The molecule has 14 heavy (non-hydrogen) atoms. The minimum absolute atomic E-state index is 0.0596. The highest BCUT2D eigenvalue weighted by atomic mass is 16.1. The summed E-state index contributed by atoms with van der Waals surface area (Å²) >= 11 is 0. The molecule has 0 radical (unpaired) electrons. The summed E-state index contributed by atoms with van der Waals surface area (Å²) in [5.74, 6) is 0.434. The van der Waals surface area contributed by atoms with Crippen LogP contribution in [0, 0.1) is 0 Å². The SMILES string of the molecule is CCc1ccc(C(C)C)nc1C(C)=O. The van der Waals surface area contributed by atoms with Gasteiger partial charge in [-0.1, -0.05) is 26.8 Å². The van der Waals surface area contributed by atoms with Crippen LogP contribution < -0.4 is 0 Å². The van der Waals surface area contributed by atoms with Crippen molar-refractivity contribution in [2.24, 2.45) is 0 Å². The highest BCUT2D eigenvalue weighted by molar-refractivity contribution is 5.93. The summed E-state index contributed by atoms with van der Waals surface area (Å²) in [7, 11) is 0. The molecule has 0 fully saturated rings. The first kappa shape index (κ1) is 10.9. The number of rotatable bonds is 3. The van der Waals surface area contributed by atoms with Crippen molar-refractivity contribution < 1.29 is 4.79 Å². The molecular weight excluding hydrogens is 174 g/mol. The van der Waals surface area contributed by atoms with Crippen molar-refractivity contribution in [3.05, 3.63) is 29.1 Å². The van der Waals surface area contributed by atoms with E-state index in [9.17, 15) is 4.79 Å². The molecule has 0 amide bonds. The predicted molar refractivity (Wildman–Crippen MR) is 57.7 cm³/mol. The Morgan fingerprint density at radius 1 is 1.43 bits per heavy atom. The van der Waals surface area contributed by atoms with Gasteiger partial charge in [0.1, 0.15) is 5.69 Å². The average molecular weight is 191 g/mol. The normalized spacial score (nSPS) is 10.6. The second-order valence-electron chi connectivity index (χ2n) is 3.81. The number of nitrogens with zero attached hydrogens (tertiary/aromatic N) is 1. The lowest BCUT2D eigenvalue weighted by molar-refractivity contribution is 0.101. The first-order valence-corrected chi connectivity index (χ1v) is 5.07. The summed E-state index contributed by atoms with van der Waals surface area (Å²) in [5, 5.41) is 0. The van der Waals surface area contributed by atoms with Crippen molar-refractivity contribution in [3.8, 4) is 0 Å². The summed E-state index contributed by atoms with van der Waals surface area (Å²) < 4.78 is 0. The summed E-state index contributed by atoms with van der Waals surface area (Å²) in [6.45, 7) is 7.78. The highest BCUT2D eigenvalue weighted by Gasteiger charge is 2.10. The van der Waals surface area contributed by atoms with E-state index in [1.165, 1.54) is 0 Å². The molecule has 1 heterocycles.